The average molecular weight is 357 g/mol. The van der Waals surface area contributed by atoms with Gasteiger partial charge in [0.1, 0.15) is 22.5 Å². The van der Waals surface area contributed by atoms with Crippen molar-refractivity contribution >= 4 is 17.1 Å². The van der Waals surface area contributed by atoms with Crippen LogP contribution in [0.25, 0.3) is 22.3 Å². The number of hydrogen-bond donors (Lipinski definition) is 4. The SMILES string of the molecule is CCNC(=O)Oc1ccc(-c2cc(=O)c3c(O)c(O)c(O)cc3o2)cc1. The molecule has 134 valence electrons. The number of amides is 1. The molecule has 0 saturated heterocycles. The Morgan fingerprint density at radius 1 is 1.12 bits per heavy atom. The van der Waals surface area contributed by atoms with Crippen LogP contribution in [0.2, 0.25) is 0 Å². The molecular weight excluding hydrogens is 342 g/mol. The highest BCUT2D eigenvalue weighted by atomic mass is 16.6. The van der Waals surface area contributed by atoms with E-state index < -0.39 is 28.8 Å². The standard InChI is InChI=1S/C18H15NO7/c1-2-19-18(24)25-10-5-3-9(4-6-10)13-7-11(20)15-14(26-13)8-12(21)16(22)17(15)23/h3-8,21-23H,2H2,1H3,(H,19,24). The maximum Gasteiger partial charge on any atom is 0.412 e. The Morgan fingerprint density at radius 3 is 2.46 bits per heavy atom. The average Bonchev–Trinajstić information content (AvgIpc) is 2.60. The highest BCUT2D eigenvalue weighted by molar-refractivity contribution is 5.89. The third kappa shape index (κ3) is 3.12. The summed E-state index contributed by atoms with van der Waals surface area (Å²) in [5.41, 5.74) is -0.154. The molecule has 8 heteroatoms. The van der Waals surface area contributed by atoms with E-state index in [1.165, 1.54) is 12.1 Å². The number of ether oxygens (including phenoxy) is 1. The summed E-state index contributed by atoms with van der Waals surface area (Å²) in [6, 6.07) is 8.42. The van der Waals surface area contributed by atoms with Gasteiger partial charge in [0, 0.05) is 24.2 Å². The molecule has 4 N–H and O–H groups in total. The smallest absolute Gasteiger partial charge is 0.412 e. The molecule has 0 aliphatic heterocycles. The van der Waals surface area contributed by atoms with E-state index in [2.05, 4.69) is 5.32 Å². The molecule has 1 amide bonds. The molecule has 2 aromatic carbocycles. The normalized spacial score (nSPS) is 10.7. The first kappa shape index (κ1) is 17.2. The quantitative estimate of drug-likeness (QED) is 0.530. The van der Waals surface area contributed by atoms with E-state index in [-0.39, 0.29) is 16.7 Å². The summed E-state index contributed by atoms with van der Waals surface area (Å²) in [6.07, 6.45) is -0.580. The van der Waals surface area contributed by atoms with Gasteiger partial charge in [-0.3, -0.25) is 4.79 Å². The van der Waals surface area contributed by atoms with Crippen LogP contribution >= 0.6 is 0 Å². The van der Waals surface area contributed by atoms with Crippen molar-refractivity contribution in [2.24, 2.45) is 0 Å². The van der Waals surface area contributed by atoms with Crippen LogP contribution in [0.5, 0.6) is 23.0 Å². The highest BCUT2D eigenvalue weighted by Gasteiger charge is 2.17. The Labute approximate surface area is 146 Å². The molecular formula is C18H15NO7. The summed E-state index contributed by atoms with van der Waals surface area (Å²) in [7, 11) is 0. The fourth-order valence-corrected chi connectivity index (χ4v) is 2.40. The number of phenolic OH excluding ortho intramolecular Hbond substituents is 3. The monoisotopic (exact) mass is 357 g/mol. The Hall–Kier alpha value is -3.68. The first-order chi connectivity index (χ1) is 12.4. The van der Waals surface area contributed by atoms with Gasteiger partial charge >= 0.3 is 6.09 Å². The molecule has 8 nitrogen and oxygen atoms in total. The number of phenols is 3. The molecule has 0 bridgehead atoms. The Morgan fingerprint density at radius 2 is 1.81 bits per heavy atom. The molecule has 3 rings (SSSR count). The van der Waals surface area contributed by atoms with Gasteiger partial charge in [0.2, 0.25) is 5.75 Å². The molecule has 0 aliphatic rings. The zero-order valence-corrected chi connectivity index (χ0v) is 13.6. The number of nitrogens with one attached hydrogen (secondary N) is 1. The molecule has 0 spiro atoms. The van der Waals surface area contributed by atoms with Crippen molar-refractivity contribution in [3.63, 3.8) is 0 Å². The molecule has 1 aromatic heterocycles. The lowest BCUT2D eigenvalue weighted by Gasteiger charge is -2.08. The molecule has 0 aliphatic carbocycles. The van der Waals surface area contributed by atoms with Crippen molar-refractivity contribution in [3.8, 4) is 34.3 Å². The van der Waals surface area contributed by atoms with Crippen LogP contribution in [-0.2, 0) is 0 Å². The van der Waals surface area contributed by atoms with Gasteiger partial charge in [-0.2, -0.15) is 0 Å². The molecule has 0 saturated carbocycles. The summed E-state index contributed by atoms with van der Waals surface area (Å²) in [4.78, 5) is 23.6. The highest BCUT2D eigenvalue weighted by Crippen LogP contribution is 2.40. The minimum absolute atomic E-state index is 0.0806. The van der Waals surface area contributed by atoms with Crippen LogP contribution < -0.4 is 15.5 Å². The number of rotatable bonds is 3. The third-order valence-corrected chi connectivity index (χ3v) is 3.62. The summed E-state index contributed by atoms with van der Waals surface area (Å²) >= 11 is 0. The zero-order valence-electron chi connectivity index (χ0n) is 13.6. The van der Waals surface area contributed by atoms with E-state index in [1.807, 2.05) is 0 Å². The first-order valence-corrected chi connectivity index (χ1v) is 7.68. The van der Waals surface area contributed by atoms with Crippen molar-refractivity contribution in [1.82, 2.24) is 5.32 Å². The predicted octanol–water partition coefficient (Wildman–Crippen LogP) is 2.69. The van der Waals surface area contributed by atoms with Crippen LogP contribution in [0, 0.1) is 0 Å². The van der Waals surface area contributed by atoms with Gasteiger partial charge in [-0.25, -0.2) is 4.79 Å². The minimum atomic E-state index is -0.788. The van der Waals surface area contributed by atoms with Gasteiger partial charge in [-0.15, -0.1) is 0 Å². The second-order valence-corrected chi connectivity index (χ2v) is 5.39. The van der Waals surface area contributed by atoms with E-state index in [1.54, 1.807) is 19.1 Å². The first-order valence-electron chi connectivity index (χ1n) is 7.68. The number of benzene rings is 2. The predicted molar refractivity (Wildman–Crippen MR) is 92.6 cm³/mol. The fourth-order valence-electron chi connectivity index (χ4n) is 2.40. The van der Waals surface area contributed by atoms with E-state index in [0.29, 0.717) is 17.9 Å². The Balaban J connectivity index is 1.99. The van der Waals surface area contributed by atoms with E-state index >= 15 is 0 Å². The summed E-state index contributed by atoms with van der Waals surface area (Å²) in [6.45, 7) is 2.20. The van der Waals surface area contributed by atoms with Crippen molar-refractivity contribution in [1.29, 1.82) is 0 Å². The topological polar surface area (TPSA) is 129 Å². The van der Waals surface area contributed by atoms with E-state index in [9.17, 15) is 24.9 Å². The lowest BCUT2D eigenvalue weighted by molar-refractivity contribution is 0.201. The number of carbonyl (C=O) groups is 1. The van der Waals surface area contributed by atoms with Crippen LogP contribution in [0.4, 0.5) is 4.79 Å². The van der Waals surface area contributed by atoms with Crippen LogP contribution in [-0.4, -0.2) is 28.0 Å². The molecule has 0 atom stereocenters. The second-order valence-electron chi connectivity index (χ2n) is 5.39. The van der Waals surface area contributed by atoms with Gasteiger partial charge in [-0.05, 0) is 31.2 Å². The summed E-state index contributed by atoms with van der Waals surface area (Å²) < 4.78 is 10.6. The van der Waals surface area contributed by atoms with Crippen LogP contribution in [0.15, 0.2) is 45.6 Å². The van der Waals surface area contributed by atoms with Crippen LogP contribution in [0.1, 0.15) is 6.92 Å². The van der Waals surface area contributed by atoms with Crippen molar-refractivity contribution in [2.45, 2.75) is 6.92 Å². The molecule has 3 aromatic rings. The van der Waals surface area contributed by atoms with Gasteiger partial charge in [0.15, 0.2) is 16.9 Å². The second kappa shape index (κ2) is 6.67. The third-order valence-electron chi connectivity index (χ3n) is 3.62. The lowest BCUT2D eigenvalue weighted by atomic mass is 10.1. The Bertz CT molecular complexity index is 1040. The Kier molecular flexibility index (Phi) is 4.40. The molecule has 1 heterocycles. The number of fused-ring (bicyclic) bond motifs is 1. The van der Waals surface area contributed by atoms with Crippen molar-refractivity contribution in [3.05, 3.63) is 46.6 Å². The van der Waals surface area contributed by atoms with Gasteiger partial charge in [-0.1, -0.05) is 0 Å². The summed E-state index contributed by atoms with van der Waals surface area (Å²) in [5, 5.41) is 31.2. The number of aromatic hydroxyl groups is 3. The summed E-state index contributed by atoms with van der Waals surface area (Å²) in [5.74, 6) is -1.66. The molecule has 0 radical (unpaired) electrons. The van der Waals surface area contributed by atoms with E-state index in [0.717, 1.165) is 12.1 Å². The maximum absolute atomic E-state index is 12.3. The molecule has 0 fully saturated rings. The zero-order chi connectivity index (χ0) is 18.8. The molecule has 0 unspecified atom stereocenters. The number of hydrogen-bond acceptors (Lipinski definition) is 7. The number of carbonyl (C=O) groups excluding carboxylic acids is 1. The van der Waals surface area contributed by atoms with Gasteiger partial charge in [0.25, 0.3) is 0 Å². The fraction of sp³-hybridized carbons (Fsp3) is 0.111. The van der Waals surface area contributed by atoms with Gasteiger partial charge < -0.3 is 29.8 Å². The largest absolute Gasteiger partial charge is 0.504 e. The van der Waals surface area contributed by atoms with Crippen LogP contribution in [0.3, 0.4) is 0 Å². The molecule has 26 heavy (non-hydrogen) atoms. The van der Waals surface area contributed by atoms with Gasteiger partial charge in [0.05, 0.1) is 0 Å². The lowest BCUT2D eigenvalue weighted by Crippen LogP contribution is -2.26. The van der Waals surface area contributed by atoms with E-state index in [4.69, 9.17) is 9.15 Å². The maximum atomic E-state index is 12.3. The minimum Gasteiger partial charge on any atom is -0.504 e. The van der Waals surface area contributed by atoms with Crippen molar-refractivity contribution < 1.29 is 29.3 Å². The van der Waals surface area contributed by atoms with Crippen molar-refractivity contribution in [2.75, 3.05) is 6.54 Å².